The molecular formula is C17H18F2N4O4. The zero-order valence-electron chi connectivity index (χ0n) is 14.5. The largest absolute Gasteiger partial charge is 0.479 e. The SMILES string of the molecule is CCC(O)Cn1cc(-c2ccc(C(=O)N3CC(F)(C(=O)O)C3)c(F)c2)nn1. The fraction of sp³-hybridized carbons (Fsp3) is 0.412. The number of aromatic nitrogens is 3. The number of hydrogen-bond donors (Lipinski definition) is 2. The first-order valence-electron chi connectivity index (χ1n) is 8.33. The number of aliphatic hydroxyl groups is 1. The third-order valence-corrected chi connectivity index (χ3v) is 4.46. The van der Waals surface area contributed by atoms with Crippen LogP contribution in [0.1, 0.15) is 23.7 Å². The minimum atomic E-state index is -2.48. The van der Waals surface area contributed by atoms with E-state index in [-0.39, 0.29) is 12.1 Å². The Hall–Kier alpha value is -2.88. The summed E-state index contributed by atoms with van der Waals surface area (Å²) in [6.07, 6.45) is 1.54. The quantitative estimate of drug-likeness (QED) is 0.777. The molecule has 1 amide bonds. The van der Waals surface area contributed by atoms with Crippen LogP contribution in [0.2, 0.25) is 0 Å². The lowest BCUT2D eigenvalue weighted by atomic mass is 9.95. The first kappa shape index (κ1) is 18.9. The molecule has 1 aromatic heterocycles. The summed E-state index contributed by atoms with van der Waals surface area (Å²) in [5, 5.41) is 26.1. The van der Waals surface area contributed by atoms with Gasteiger partial charge >= 0.3 is 5.97 Å². The van der Waals surface area contributed by atoms with Gasteiger partial charge < -0.3 is 15.1 Å². The molecule has 27 heavy (non-hydrogen) atoms. The van der Waals surface area contributed by atoms with E-state index < -0.39 is 42.6 Å². The van der Waals surface area contributed by atoms with Gasteiger partial charge in [-0.05, 0) is 18.6 Å². The number of amides is 1. The Morgan fingerprint density at radius 3 is 2.67 bits per heavy atom. The van der Waals surface area contributed by atoms with Crippen molar-refractivity contribution in [3.8, 4) is 11.3 Å². The highest BCUT2D eigenvalue weighted by Gasteiger charge is 2.52. The molecule has 1 fully saturated rings. The number of alkyl halides is 1. The molecule has 0 aliphatic carbocycles. The van der Waals surface area contributed by atoms with Crippen LogP contribution in [0.4, 0.5) is 8.78 Å². The molecular weight excluding hydrogens is 362 g/mol. The number of halogens is 2. The summed E-state index contributed by atoms with van der Waals surface area (Å²) >= 11 is 0. The smallest absolute Gasteiger partial charge is 0.345 e. The van der Waals surface area contributed by atoms with Gasteiger partial charge in [0.15, 0.2) is 0 Å². The lowest BCUT2D eigenvalue weighted by Gasteiger charge is -2.41. The lowest BCUT2D eigenvalue weighted by molar-refractivity contribution is -0.160. The highest BCUT2D eigenvalue weighted by atomic mass is 19.1. The Balaban J connectivity index is 1.73. The van der Waals surface area contributed by atoms with Gasteiger partial charge in [0.1, 0.15) is 11.5 Å². The van der Waals surface area contributed by atoms with Crippen molar-refractivity contribution < 1.29 is 28.6 Å². The van der Waals surface area contributed by atoms with Crippen molar-refractivity contribution in [1.29, 1.82) is 0 Å². The Bertz CT molecular complexity index is 880. The standard InChI is InChI=1S/C17H18F2N4O4/c1-2-11(24)6-23-7-14(20-21-23)10-3-4-12(13(18)5-10)15(25)22-8-17(19,9-22)16(26)27/h3-5,7,11,24H,2,6,8-9H2,1H3,(H,26,27). The molecule has 8 nitrogen and oxygen atoms in total. The first-order chi connectivity index (χ1) is 12.7. The van der Waals surface area contributed by atoms with Crippen LogP contribution in [0.3, 0.4) is 0 Å². The second kappa shape index (κ2) is 7.03. The zero-order valence-corrected chi connectivity index (χ0v) is 14.5. The molecule has 144 valence electrons. The Morgan fingerprint density at radius 1 is 1.37 bits per heavy atom. The van der Waals surface area contributed by atoms with E-state index in [2.05, 4.69) is 10.3 Å². The number of carbonyl (C=O) groups excluding carboxylic acids is 1. The molecule has 0 bridgehead atoms. The van der Waals surface area contributed by atoms with E-state index in [0.717, 1.165) is 11.0 Å². The number of likely N-dealkylation sites (tertiary alicyclic amines) is 1. The summed E-state index contributed by atoms with van der Waals surface area (Å²) < 4.78 is 29.6. The van der Waals surface area contributed by atoms with Crippen molar-refractivity contribution >= 4 is 11.9 Å². The number of hydrogen-bond acceptors (Lipinski definition) is 5. The number of rotatable bonds is 6. The summed E-state index contributed by atoms with van der Waals surface area (Å²) in [6, 6.07) is 3.82. The summed E-state index contributed by atoms with van der Waals surface area (Å²) in [6.45, 7) is 0.855. The highest BCUT2D eigenvalue weighted by molar-refractivity contribution is 5.97. The fourth-order valence-electron chi connectivity index (χ4n) is 2.72. The average molecular weight is 380 g/mol. The van der Waals surface area contributed by atoms with E-state index in [1.807, 2.05) is 6.92 Å². The number of carboxylic acids is 1. The average Bonchev–Trinajstić information content (AvgIpc) is 3.06. The molecule has 3 rings (SSSR count). The molecule has 0 radical (unpaired) electrons. The maximum absolute atomic E-state index is 14.4. The summed E-state index contributed by atoms with van der Waals surface area (Å²) in [5.74, 6) is -3.24. The summed E-state index contributed by atoms with van der Waals surface area (Å²) in [7, 11) is 0. The first-order valence-corrected chi connectivity index (χ1v) is 8.33. The fourth-order valence-corrected chi connectivity index (χ4v) is 2.72. The summed E-state index contributed by atoms with van der Waals surface area (Å²) in [5.41, 5.74) is -2.00. The number of aliphatic carboxylic acids is 1. The van der Waals surface area contributed by atoms with Crippen LogP contribution >= 0.6 is 0 Å². The Kier molecular flexibility index (Phi) is 4.92. The molecule has 2 aromatic rings. The molecule has 1 aliphatic rings. The molecule has 1 aromatic carbocycles. The molecule has 10 heteroatoms. The van der Waals surface area contributed by atoms with Crippen molar-refractivity contribution in [3.63, 3.8) is 0 Å². The zero-order chi connectivity index (χ0) is 19.8. The third kappa shape index (κ3) is 3.65. The highest BCUT2D eigenvalue weighted by Crippen LogP contribution is 2.28. The van der Waals surface area contributed by atoms with E-state index in [0.29, 0.717) is 17.7 Å². The maximum atomic E-state index is 14.4. The van der Waals surface area contributed by atoms with Crippen LogP contribution in [0.15, 0.2) is 24.4 Å². The van der Waals surface area contributed by atoms with Gasteiger partial charge in [0.2, 0.25) is 5.67 Å². The van der Waals surface area contributed by atoms with E-state index in [1.54, 1.807) is 6.20 Å². The number of benzene rings is 1. The van der Waals surface area contributed by atoms with Gasteiger partial charge in [-0.1, -0.05) is 18.2 Å². The van der Waals surface area contributed by atoms with Gasteiger partial charge in [0.05, 0.1) is 37.5 Å². The van der Waals surface area contributed by atoms with Crippen molar-refractivity contribution in [2.24, 2.45) is 0 Å². The van der Waals surface area contributed by atoms with E-state index in [9.17, 15) is 23.5 Å². The van der Waals surface area contributed by atoms with E-state index in [1.165, 1.54) is 16.8 Å². The molecule has 0 spiro atoms. The van der Waals surface area contributed by atoms with Crippen LogP contribution in [-0.2, 0) is 11.3 Å². The molecule has 2 heterocycles. The van der Waals surface area contributed by atoms with Gasteiger partial charge in [-0.2, -0.15) is 0 Å². The van der Waals surface area contributed by atoms with Crippen molar-refractivity contribution in [2.45, 2.75) is 31.7 Å². The number of aliphatic hydroxyl groups excluding tert-OH is 1. The van der Waals surface area contributed by atoms with Gasteiger partial charge in [-0.25, -0.2) is 18.3 Å². The topological polar surface area (TPSA) is 109 Å². The van der Waals surface area contributed by atoms with Gasteiger partial charge in [0.25, 0.3) is 5.91 Å². The van der Waals surface area contributed by atoms with Gasteiger partial charge in [0, 0.05) is 5.56 Å². The molecule has 0 saturated carbocycles. The lowest BCUT2D eigenvalue weighted by Crippen LogP contribution is -2.64. The van der Waals surface area contributed by atoms with Crippen LogP contribution in [0.5, 0.6) is 0 Å². The van der Waals surface area contributed by atoms with Crippen LogP contribution < -0.4 is 0 Å². The van der Waals surface area contributed by atoms with Crippen LogP contribution in [0, 0.1) is 5.82 Å². The molecule has 2 N–H and O–H groups in total. The van der Waals surface area contributed by atoms with Crippen molar-refractivity contribution in [3.05, 3.63) is 35.8 Å². The second-order valence-electron chi connectivity index (χ2n) is 6.51. The van der Waals surface area contributed by atoms with Gasteiger partial charge in [-0.15, -0.1) is 5.10 Å². The Labute approximate surface area is 153 Å². The number of carbonyl (C=O) groups is 2. The molecule has 1 saturated heterocycles. The normalized spacial score (nSPS) is 16.7. The predicted molar refractivity (Wildman–Crippen MR) is 89.1 cm³/mol. The number of carboxylic acid groups (broad SMARTS) is 1. The van der Waals surface area contributed by atoms with Gasteiger partial charge in [-0.3, -0.25) is 4.79 Å². The minimum Gasteiger partial charge on any atom is -0.479 e. The van der Waals surface area contributed by atoms with E-state index >= 15 is 0 Å². The van der Waals surface area contributed by atoms with Crippen LogP contribution in [0.25, 0.3) is 11.3 Å². The monoisotopic (exact) mass is 380 g/mol. The molecule has 1 unspecified atom stereocenters. The second-order valence-corrected chi connectivity index (χ2v) is 6.51. The minimum absolute atomic E-state index is 0.256. The third-order valence-electron chi connectivity index (χ3n) is 4.46. The van der Waals surface area contributed by atoms with Crippen molar-refractivity contribution in [1.82, 2.24) is 19.9 Å². The predicted octanol–water partition coefficient (Wildman–Crippen LogP) is 1.10. The van der Waals surface area contributed by atoms with Crippen molar-refractivity contribution in [2.75, 3.05) is 13.1 Å². The molecule has 1 aliphatic heterocycles. The maximum Gasteiger partial charge on any atom is 0.345 e. The van der Waals surface area contributed by atoms with E-state index in [4.69, 9.17) is 5.11 Å². The number of nitrogens with zero attached hydrogens (tertiary/aromatic N) is 4. The van der Waals surface area contributed by atoms with Crippen LogP contribution in [-0.4, -0.2) is 66.8 Å². The molecule has 1 atom stereocenters. The summed E-state index contributed by atoms with van der Waals surface area (Å²) in [4.78, 5) is 23.9. The Morgan fingerprint density at radius 2 is 2.07 bits per heavy atom.